The average molecular weight is 181 g/mol. The molecule has 0 atom stereocenters. The van der Waals surface area contributed by atoms with Crippen LogP contribution in [0, 0.1) is 0 Å². The molecule has 72 valence electrons. The molecule has 1 aromatic rings. The van der Waals surface area contributed by atoms with Crippen molar-refractivity contribution in [3.05, 3.63) is 29.8 Å². The molecule has 0 N–H and O–H groups in total. The van der Waals surface area contributed by atoms with Gasteiger partial charge in [0.1, 0.15) is 5.67 Å². The molecule has 0 heterocycles. The van der Waals surface area contributed by atoms with E-state index in [1.807, 2.05) is 43.3 Å². The average Bonchev–Trinajstić information content (AvgIpc) is 2.03. The van der Waals surface area contributed by atoms with Gasteiger partial charge in [-0.3, -0.25) is 0 Å². The van der Waals surface area contributed by atoms with Gasteiger partial charge in [-0.05, 0) is 31.5 Å². The first-order valence-corrected chi connectivity index (χ1v) is 4.38. The zero-order valence-corrected chi connectivity index (χ0v) is 8.63. The summed E-state index contributed by atoms with van der Waals surface area (Å²) in [4.78, 5) is 2.00. The Bertz CT molecular complexity index is 269. The van der Waals surface area contributed by atoms with E-state index in [9.17, 15) is 4.39 Å². The first-order valence-electron chi connectivity index (χ1n) is 4.38. The summed E-state index contributed by atoms with van der Waals surface area (Å²) >= 11 is 0. The van der Waals surface area contributed by atoms with E-state index in [2.05, 4.69) is 0 Å². The SMILES string of the molecule is CN(C)c1ccc(C(C)(C)F)cc1. The molecule has 0 saturated heterocycles. The molecule has 0 unspecified atom stereocenters. The molecule has 0 aliphatic carbocycles. The van der Waals surface area contributed by atoms with E-state index < -0.39 is 5.67 Å². The van der Waals surface area contributed by atoms with Gasteiger partial charge in [-0.1, -0.05) is 12.1 Å². The lowest BCUT2D eigenvalue weighted by atomic mass is 10.0. The lowest BCUT2D eigenvalue weighted by molar-refractivity contribution is 0.221. The molecule has 0 aliphatic heterocycles. The van der Waals surface area contributed by atoms with Crippen LogP contribution in [0.5, 0.6) is 0 Å². The Kier molecular flexibility index (Phi) is 2.60. The number of rotatable bonds is 2. The molecule has 0 spiro atoms. The zero-order valence-electron chi connectivity index (χ0n) is 8.63. The van der Waals surface area contributed by atoms with Gasteiger partial charge in [0.25, 0.3) is 0 Å². The monoisotopic (exact) mass is 181 g/mol. The van der Waals surface area contributed by atoms with Crippen LogP contribution >= 0.6 is 0 Å². The van der Waals surface area contributed by atoms with Gasteiger partial charge in [0.05, 0.1) is 0 Å². The number of benzene rings is 1. The molecule has 13 heavy (non-hydrogen) atoms. The number of nitrogens with zero attached hydrogens (tertiary/aromatic N) is 1. The molecule has 0 radical (unpaired) electrons. The number of hydrogen-bond donors (Lipinski definition) is 0. The highest BCUT2D eigenvalue weighted by Crippen LogP contribution is 2.25. The maximum absolute atomic E-state index is 13.4. The molecular weight excluding hydrogens is 165 g/mol. The van der Waals surface area contributed by atoms with Crippen molar-refractivity contribution >= 4 is 5.69 Å². The molecule has 2 heteroatoms. The Hall–Kier alpha value is -1.05. The molecule has 0 aromatic heterocycles. The summed E-state index contributed by atoms with van der Waals surface area (Å²) in [6.07, 6.45) is 0. The minimum atomic E-state index is -1.25. The minimum absolute atomic E-state index is 0.720. The van der Waals surface area contributed by atoms with Crippen molar-refractivity contribution in [1.29, 1.82) is 0 Å². The van der Waals surface area contributed by atoms with Crippen LogP contribution < -0.4 is 4.90 Å². The first-order chi connectivity index (χ1) is 5.91. The van der Waals surface area contributed by atoms with E-state index in [-0.39, 0.29) is 0 Å². The van der Waals surface area contributed by atoms with Gasteiger partial charge in [-0.25, -0.2) is 4.39 Å². The van der Waals surface area contributed by atoms with Crippen LogP contribution in [-0.4, -0.2) is 14.1 Å². The van der Waals surface area contributed by atoms with E-state index in [4.69, 9.17) is 0 Å². The fraction of sp³-hybridized carbons (Fsp3) is 0.455. The maximum Gasteiger partial charge on any atom is 0.130 e. The Labute approximate surface area is 79.2 Å². The molecule has 0 saturated carbocycles. The zero-order chi connectivity index (χ0) is 10.1. The Morgan fingerprint density at radius 3 is 1.85 bits per heavy atom. The molecule has 0 aliphatic rings. The molecular formula is C11H16FN. The third-order valence-corrected chi connectivity index (χ3v) is 2.07. The highest BCUT2D eigenvalue weighted by molar-refractivity contribution is 5.46. The van der Waals surface area contributed by atoms with Crippen molar-refractivity contribution in [2.24, 2.45) is 0 Å². The number of hydrogen-bond acceptors (Lipinski definition) is 1. The molecule has 0 amide bonds. The normalized spacial score (nSPS) is 11.5. The predicted octanol–water partition coefficient (Wildman–Crippen LogP) is 2.96. The minimum Gasteiger partial charge on any atom is -0.378 e. The van der Waals surface area contributed by atoms with Gasteiger partial charge < -0.3 is 4.90 Å². The molecule has 1 nitrogen and oxygen atoms in total. The van der Waals surface area contributed by atoms with Crippen LogP contribution in [0.15, 0.2) is 24.3 Å². The highest BCUT2D eigenvalue weighted by Gasteiger charge is 2.17. The summed E-state index contributed by atoms with van der Waals surface area (Å²) in [5.74, 6) is 0. The van der Waals surface area contributed by atoms with E-state index >= 15 is 0 Å². The Morgan fingerprint density at radius 2 is 1.54 bits per heavy atom. The second kappa shape index (κ2) is 3.36. The van der Waals surface area contributed by atoms with Crippen molar-refractivity contribution in [1.82, 2.24) is 0 Å². The van der Waals surface area contributed by atoms with Gasteiger partial charge in [0.2, 0.25) is 0 Å². The van der Waals surface area contributed by atoms with E-state index in [1.165, 1.54) is 0 Å². The Morgan fingerprint density at radius 1 is 1.08 bits per heavy atom. The van der Waals surface area contributed by atoms with Crippen molar-refractivity contribution in [2.75, 3.05) is 19.0 Å². The third kappa shape index (κ3) is 2.44. The lowest BCUT2D eigenvalue weighted by Gasteiger charge is -2.17. The van der Waals surface area contributed by atoms with Crippen LogP contribution in [0.25, 0.3) is 0 Å². The molecule has 1 rings (SSSR count). The summed E-state index contributed by atoms with van der Waals surface area (Å²) in [5, 5.41) is 0. The van der Waals surface area contributed by atoms with Crippen LogP contribution in [0.2, 0.25) is 0 Å². The van der Waals surface area contributed by atoms with Crippen LogP contribution in [-0.2, 0) is 5.67 Å². The topological polar surface area (TPSA) is 3.24 Å². The fourth-order valence-electron chi connectivity index (χ4n) is 1.16. The molecule has 1 aromatic carbocycles. The first kappa shape index (κ1) is 10.0. The molecule has 0 bridgehead atoms. The third-order valence-electron chi connectivity index (χ3n) is 2.07. The quantitative estimate of drug-likeness (QED) is 0.678. The van der Waals surface area contributed by atoms with Crippen molar-refractivity contribution in [3.8, 4) is 0 Å². The number of alkyl halides is 1. The largest absolute Gasteiger partial charge is 0.378 e. The lowest BCUT2D eigenvalue weighted by Crippen LogP contribution is -2.11. The number of anilines is 1. The standard InChI is InChI=1S/C11H16FN/c1-11(2,12)9-5-7-10(8-6-9)13(3)4/h5-8H,1-4H3. The summed E-state index contributed by atoms with van der Waals surface area (Å²) in [6.45, 7) is 3.13. The van der Waals surface area contributed by atoms with Crippen LogP contribution in [0.4, 0.5) is 10.1 Å². The van der Waals surface area contributed by atoms with Gasteiger partial charge >= 0.3 is 0 Å². The molecule has 0 fully saturated rings. The van der Waals surface area contributed by atoms with Gasteiger partial charge in [-0.2, -0.15) is 0 Å². The summed E-state index contributed by atoms with van der Waals surface area (Å²) < 4.78 is 13.4. The summed E-state index contributed by atoms with van der Waals surface area (Å²) in [7, 11) is 3.94. The van der Waals surface area contributed by atoms with Gasteiger partial charge in [0, 0.05) is 19.8 Å². The highest BCUT2D eigenvalue weighted by atomic mass is 19.1. The van der Waals surface area contributed by atoms with Crippen molar-refractivity contribution < 1.29 is 4.39 Å². The van der Waals surface area contributed by atoms with Crippen LogP contribution in [0.3, 0.4) is 0 Å². The smallest absolute Gasteiger partial charge is 0.130 e. The summed E-state index contributed by atoms with van der Waals surface area (Å²) in [6, 6.07) is 7.51. The second-order valence-electron chi connectivity index (χ2n) is 3.91. The fourth-order valence-corrected chi connectivity index (χ4v) is 1.16. The second-order valence-corrected chi connectivity index (χ2v) is 3.91. The number of halogens is 1. The van der Waals surface area contributed by atoms with Crippen LogP contribution in [0.1, 0.15) is 19.4 Å². The van der Waals surface area contributed by atoms with E-state index in [0.29, 0.717) is 0 Å². The van der Waals surface area contributed by atoms with Crippen molar-refractivity contribution in [3.63, 3.8) is 0 Å². The Balaban J connectivity index is 2.94. The van der Waals surface area contributed by atoms with E-state index in [1.54, 1.807) is 13.8 Å². The summed E-state index contributed by atoms with van der Waals surface area (Å²) in [5.41, 5.74) is 0.566. The predicted molar refractivity (Wildman–Crippen MR) is 54.9 cm³/mol. The van der Waals surface area contributed by atoms with Crippen molar-refractivity contribution in [2.45, 2.75) is 19.5 Å². The van der Waals surface area contributed by atoms with Gasteiger partial charge in [-0.15, -0.1) is 0 Å². The maximum atomic E-state index is 13.4. The van der Waals surface area contributed by atoms with Gasteiger partial charge in [0.15, 0.2) is 0 Å². The van der Waals surface area contributed by atoms with E-state index in [0.717, 1.165) is 11.3 Å².